The number of nitrogens with zero attached hydrogens (tertiary/aromatic N) is 3. The van der Waals surface area contributed by atoms with Gasteiger partial charge >= 0.3 is 6.21 Å². The van der Waals surface area contributed by atoms with Crippen molar-refractivity contribution in [2.24, 2.45) is 0 Å². The molecule has 0 saturated heterocycles. The number of carbonyl (C=O) groups is 1. The van der Waals surface area contributed by atoms with Crippen LogP contribution < -0.4 is 0 Å². The Morgan fingerprint density at radius 3 is 3.08 bits per heavy atom. The lowest BCUT2D eigenvalue weighted by molar-refractivity contribution is 0.00235. The second kappa shape index (κ2) is 3.76. The zero-order chi connectivity index (χ0) is 8.97. The van der Waals surface area contributed by atoms with Crippen LogP contribution in [0.5, 0.6) is 0 Å². The Morgan fingerprint density at radius 2 is 2.50 bits per heavy atom. The smallest absolute Gasteiger partial charge is 0.328 e. The molecule has 1 rings (SSSR count). The van der Waals surface area contributed by atoms with E-state index < -0.39 is 5.78 Å². The Kier molecular flexibility index (Phi) is 2.69. The minimum absolute atomic E-state index is 0.229. The summed E-state index contributed by atoms with van der Waals surface area (Å²) in [4.78, 5) is 17.3. The van der Waals surface area contributed by atoms with E-state index >= 15 is 0 Å². The number of aromatic nitrogens is 1. The summed E-state index contributed by atoms with van der Waals surface area (Å²) in [6, 6.07) is 2.88. The molecule has 0 unspecified atom stereocenters. The van der Waals surface area contributed by atoms with E-state index in [4.69, 9.17) is 17.1 Å². The Hall–Kier alpha value is -1.51. The fraction of sp³-hybridized carbons (Fsp3) is 0. The second-order valence-corrected chi connectivity index (χ2v) is 2.36. The van der Waals surface area contributed by atoms with E-state index in [2.05, 4.69) is 9.77 Å². The SMILES string of the molecule is [N-]=[N+]=CC(=O)c1ccnc(Cl)c1. The van der Waals surface area contributed by atoms with Crippen LogP contribution in [-0.4, -0.2) is 21.8 Å². The van der Waals surface area contributed by atoms with Gasteiger partial charge in [-0.15, -0.1) is 0 Å². The quantitative estimate of drug-likeness (QED) is 0.226. The minimum atomic E-state index is -0.415. The topological polar surface area (TPSA) is 66.4 Å². The average molecular weight is 182 g/mol. The summed E-state index contributed by atoms with van der Waals surface area (Å²) >= 11 is 5.52. The molecule has 0 aromatic carbocycles. The van der Waals surface area contributed by atoms with Crippen molar-refractivity contribution in [2.75, 3.05) is 0 Å². The van der Waals surface area contributed by atoms with Crippen LogP contribution in [0, 0.1) is 0 Å². The zero-order valence-electron chi connectivity index (χ0n) is 5.94. The summed E-state index contributed by atoms with van der Waals surface area (Å²) in [5, 5.41) is 0.229. The third kappa shape index (κ3) is 1.99. The molecular weight excluding hydrogens is 178 g/mol. The highest BCUT2D eigenvalue weighted by molar-refractivity contribution is 6.35. The van der Waals surface area contributed by atoms with Crippen LogP contribution in [0.1, 0.15) is 10.4 Å². The monoisotopic (exact) mass is 181 g/mol. The molecule has 0 atom stereocenters. The summed E-state index contributed by atoms with van der Waals surface area (Å²) < 4.78 is 0. The van der Waals surface area contributed by atoms with Crippen molar-refractivity contribution in [3.8, 4) is 0 Å². The number of halogens is 1. The van der Waals surface area contributed by atoms with E-state index in [1.165, 1.54) is 18.3 Å². The van der Waals surface area contributed by atoms with Gasteiger partial charge in [0, 0.05) is 11.8 Å². The Morgan fingerprint density at radius 1 is 1.75 bits per heavy atom. The predicted molar refractivity (Wildman–Crippen MR) is 43.3 cm³/mol. The van der Waals surface area contributed by atoms with Crippen molar-refractivity contribution in [2.45, 2.75) is 0 Å². The van der Waals surface area contributed by atoms with Crippen molar-refractivity contribution < 1.29 is 9.58 Å². The lowest BCUT2D eigenvalue weighted by atomic mass is 10.2. The Bertz CT molecular complexity index is 357. The van der Waals surface area contributed by atoms with Crippen LogP contribution in [0.15, 0.2) is 18.3 Å². The number of ketones is 1. The van der Waals surface area contributed by atoms with Gasteiger partial charge in [-0.2, -0.15) is 4.79 Å². The van der Waals surface area contributed by atoms with Gasteiger partial charge in [-0.25, -0.2) is 4.98 Å². The molecule has 0 saturated carbocycles. The first-order valence-electron chi connectivity index (χ1n) is 3.07. The molecule has 0 N–H and O–H groups in total. The van der Waals surface area contributed by atoms with Crippen LogP contribution in [0.25, 0.3) is 5.53 Å². The van der Waals surface area contributed by atoms with Gasteiger partial charge in [0.1, 0.15) is 5.15 Å². The van der Waals surface area contributed by atoms with Crippen molar-refractivity contribution in [3.05, 3.63) is 34.6 Å². The summed E-state index contributed by atoms with van der Waals surface area (Å²) in [5.41, 5.74) is 8.41. The lowest BCUT2D eigenvalue weighted by Gasteiger charge is -1.90. The summed E-state index contributed by atoms with van der Waals surface area (Å²) in [7, 11) is 0. The highest BCUT2D eigenvalue weighted by atomic mass is 35.5. The first-order chi connectivity index (χ1) is 5.74. The van der Waals surface area contributed by atoms with Crippen LogP contribution in [0.4, 0.5) is 0 Å². The van der Waals surface area contributed by atoms with Gasteiger partial charge in [0.05, 0.1) is 0 Å². The Labute approximate surface area is 73.4 Å². The lowest BCUT2D eigenvalue weighted by Crippen LogP contribution is -2.00. The summed E-state index contributed by atoms with van der Waals surface area (Å²) in [6.45, 7) is 0. The van der Waals surface area contributed by atoms with Gasteiger partial charge in [0.15, 0.2) is 0 Å². The summed E-state index contributed by atoms with van der Waals surface area (Å²) in [5.74, 6) is -0.415. The molecular formula is C7H4ClN3O. The fourth-order valence-corrected chi connectivity index (χ4v) is 0.857. The molecule has 1 aromatic heterocycles. The van der Waals surface area contributed by atoms with Crippen LogP contribution in [0.2, 0.25) is 5.15 Å². The highest BCUT2D eigenvalue weighted by Gasteiger charge is 2.06. The number of carbonyl (C=O) groups excluding carboxylic acids is 1. The molecule has 4 nitrogen and oxygen atoms in total. The predicted octanol–water partition coefficient (Wildman–Crippen LogP) is 1.22. The largest absolute Gasteiger partial charge is 0.361 e. The fourth-order valence-electron chi connectivity index (χ4n) is 0.683. The first-order valence-corrected chi connectivity index (χ1v) is 3.45. The molecule has 0 spiro atoms. The van der Waals surface area contributed by atoms with E-state index in [1.807, 2.05) is 0 Å². The standard InChI is InChI=1S/C7H4ClN3O/c8-7-3-5(1-2-10-7)6(12)4-11-9/h1-4H. The zero-order valence-corrected chi connectivity index (χ0v) is 6.69. The van der Waals surface area contributed by atoms with Gasteiger partial charge in [-0.05, 0) is 12.1 Å². The summed E-state index contributed by atoms with van der Waals surface area (Å²) in [6.07, 6.45) is 2.20. The number of pyridine rings is 1. The van der Waals surface area contributed by atoms with E-state index in [0.717, 1.165) is 6.21 Å². The van der Waals surface area contributed by atoms with Gasteiger partial charge < -0.3 is 5.53 Å². The third-order valence-corrected chi connectivity index (χ3v) is 1.39. The van der Waals surface area contributed by atoms with E-state index in [1.54, 1.807) is 0 Å². The minimum Gasteiger partial charge on any atom is -0.361 e. The van der Waals surface area contributed by atoms with E-state index in [0.29, 0.717) is 5.56 Å². The van der Waals surface area contributed by atoms with Crippen LogP contribution in [0.3, 0.4) is 0 Å². The van der Waals surface area contributed by atoms with Crippen molar-refractivity contribution in [1.29, 1.82) is 0 Å². The van der Waals surface area contributed by atoms with E-state index in [9.17, 15) is 4.79 Å². The molecule has 1 heterocycles. The second-order valence-electron chi connectivity index (χ2n) is 1.98. The molecule has 5 heteroatoms. The van der Waals surface area contributed by atoms with Crippen LogP contribution >= 0.6 is 11.6 Å². The Balaban J connectivity index is 3.03. The molecule has 0 aliphatic heterocycles. The van der Waals surface area contributed by atoms with Crippen molar-refractivity contribution in [1.82, 2.24) is 4.98 Å². The number of Topliss-reactive ketones (excluding diaryl/α,β-unsaturated/α-hetero) is 1. The maximum atomic E-state index is 11.0. The first kappa shape index (κ1) is 8.59. The van der Waals surface area contributed by atoms with Gasteiger partial charge in [-0.1, -0.05) is 11.6 Å². The molecule has 0 amide bonds. The van der Waals surface area contributed by atoms with Crippen molar-refractivity contribution in [3.63, 3.8) is 0 Å². The number of hydrogen-bond donors (Lipinski definition) is 0. The van der Waals surface area contributed by atoms with Crippen LogP contribution in [-0.2, 0) is 0 Å². The molecule has 0 radical (unpaired) electrons. The van der Waals surface area contributed by atoms with Gasteiger partial charge in [-0.3, -0.25) is 4.79 Å². The highest BCUT2D eigenvalue weighted by Crippen LogP contribution is 2.06. The van der Waals surface area contributed by atoms with Crippen molar-refractivity contribution >= 4 is 23.6 Å². The normalized spacial score (nSPS) is 8.75. The molecule has 60 valence electrons. The molecule has 0 bridgehead atoms. The van der Waals surface area contributed by atoms with Gasteiger partial charge in [0.2, 0.25) is 0 Å². The molecule has 0 fully saturated rings. The number of hydrogen-bond acceptors (Lipinski definition) is 2. The molecule has 0 aliphatic carbocycles. The third-order valence-electron chi connectivity index (χ3n) is 1.19. The average Bonchev–Trinajstić information content (AvgIpc) is 2.05. The molecule has 0 aliphatic rings. The molecule has 12 heavy (non-hydrogen) atoms. The van der Waals surface area contributed by atoms with Gasteiger partial charge in [0.25, 0.3) is 5.78 Å². The number of rotatable bonds is 2. The van der Waals surface area contributed by atoms with E-state index in [-0.39, 0.29) is 5.15 Å². The maximum Gasteiger partial charge on any atom is 0.328 e. The molecule has 1 aromatic rings. The maximum absolute atomic E-state index is 11.0.